The highest BCUT2D eigenvalue weighted by atomic mass is 19.4. The fraction of sp³-hybridized carbons (Fsp3) is 0.500. The van der Waals surface area contributed by atoms with E-state index in [4.69, 9.17) is 4.74 Å². The monoisotopic (exact) mass is 418 g/mol. The van der Waals surface area contributed by atoms with Crippen LogP contribution in [0.1, 0.15) is 37.5 Å². The number of hydrogen-bond acceptors (Lipinski definition) is 3. The smallest absolute Gasteiger partial charge is 0.406 e. The highest BCUT2D eigenvalue weighted by Crippen LogP contribution is 2.36. The number of likely N-dealkylation sites (tertiary alicyclic amines) is 1. The van der Waals surface area contributed by atoms with Gasteiger partial charge in [0.2, 0.25) is 0 Å². The average Bonchev–Trinajstić information content (AvgIpc) is 3.32. The summed E-state index contributed by atoms with van der Waals surface area (Å²) in [5.74, 6) is 1.80. The van der Waals surface area contributed by atoms with Crippen LogP contribution >= 0.6 is 0 Å². The van der Waals surface area contributed by atoms with Gasteiger partial charge in [0, 0.05) is 43.1 Å². The van der Waals surface area contributed by atoms with Crippen LogP contribution in [0.25, 0.3) is 10.9 Å². The van der Waals surface area contributed by atoms with Gasteiger partial charge in [0.05, 0.1) is 12.1 Å². The quantitative estimate of drug-likeness (QED) is 0.578. The van der Waals surface area contributed by atoms with Gasteiger partial charge in [0.15, 0.2) is 0 Å². The summed E-state index contributed by atoms with van der Waals surface area (Å²) in [4.78, 5) is 6.93. The maximum Gasteiger partial charge on any atom is 0.406 e. The third-order valence-corrected chi connectivity index (χ3v) is 6.01. The van der Waals surface area contributed by atoms with Crippen molar-refractivity contribution in [1.82, 2.24) is 19.0 Å². The Hall–Kier alpha value is -2.48. The first-order valence-electron chi connectivity index (χ1n) is 10.5. The summed E-state index contributed by atoms with van der Waals surface area (Å²) in [6.07, 6.45) is 5.54. The second kappa shape index (κ2) is 7.65. The summed E-state index contributed by atoms with van der Waals surface area (Å²) in [6, 6.07) is 7.66. The van der Waals surface area contributed by atoms with E-state index in [-0.39, 0.29) is 6.10 Å². The van der Waals surface area contributed by atoms with Crippen LogP contribution in [0.3, 0.4) is 0 Å². The summed E-state index contributed by atoms with van der Waals surface area (Å²) in [6.45, 7) is 1.71. The molecule has 2 aromatic heterocycles. The predicted molar refractivity (Wildman–Crippen MR) is 107 cm³/mol. The van der Waals surface area contributed by atoms with Gasteiger partial charge in [-0.05, 0) is 43.9 Å². The molecule has 0 bridgehead atoms. The van der Waals surface area contributed by atoms with E-state index < -0.39 is 12.7 Å². The Labute approximate surface area is 173 Å². The highest BCUT2D eigenvalue weighted by molar-refractivity contribution is 5.86. The molecule has 1 saturated heterocycles. The van der Waals surface area contributed by atoms with Crippen molar-refractivity contribution in [1.29, 1.82) is 0 Å². The molecule has 1 aromatic carbocycles. The lowest BCUT2D eigenvalue weighted by molar-refractivity contribution is -0.139. The van der Waals surface area contributed by atoms with Gasteiger partial charge in [-0.15, -0.1) is 0 Å². The lowest BCUT2D eigenvalue weighted by Crippen LogP contribution is -2.38. The molecular formula is C22H25F3N4O. The summed E-state index contributed by atoms with van der Waals surface area (Å²) in [5, 5.41) is 0.732. The predicted octanol–water partition coefficient (Wildman–Crippen LogP) is 4.78. The zero-order valence-electron chi connectivity index (χ0n) is 16.7. The second-order valence-corrected chi connectivity index (χ2v) is 8.32. The van der Waals surface area contributed by atoms with E-state index in [0.717, 1.165) is 43.7 Å². The van der Waals surface area contributed by atoms with Crippen LogP contribution in [0, 0.1) is 0 Å². The molecule has 1 saturated carbocycles. The lowest BCUT2D eigenvalue weighted by Gasteiger charge is -2.32. The number of benzene rings is 1. The van der Waals surface area contributed by atoms with Crippen LogP contribution in [0.5, 0.6) is 5.75 Å². The number of fused-ring (bicyclic) bond motifs is 1. The molecule has 8 heteroatoms. The number of nitrogens with zero attached hydrogens (tertiary/aromatic N) is 4. The van der Waals surface area contributed by atoms with Gasteiger partial charge in [-0.25, -0.2) is 4.98 Å². The first-order valence-corrected chi connectivity index (χ1v) is 10.5. The van der Waals surface area contributed by atoms with Crippen molar-refractivity contribution in [3.05, 3.63) is 48.7 Å². The molecule has 0 N–H and O–H groups in total. The number of alkyl halides is 3. The fourth-order valence-electron chi connectivity index (χ4n) is 4.35. The Morgan fingerprint density at radius 3 is 2.57 bits per heavy atom. The van der Waals surface area contributed by atoms with E-state index in [1.807, 2.05) is 12.3 Å². The van der Waals surface area contributed by atoms with Crippen molar-refractivity contribution in [2.75, 3.05) is 13.1 Å². The first kappa shape index (κ1) is 19.5. The molecule has 0 unspecified atom stereocenters. The van der Waals surface area contributed by atoms with Gasteiger partial charge in [0.1, 0.15) is 24.2 Å². The molecule has 5 rings (SSSR count). The number of rotatable bonds is 6. The molecular weight excluding hydrogens is 393 g/mol. The molecule has 0 spiro atoms. The number of piperidine rings is 1. The van der Waals surface area contributed by atoms with E-state index in [9.17, 15) is 13.2 Å². The number of ether oxygens (including phenoxy) is 1. The van der Waals surface area contributed by atoms with Crippen molar-refractivity contribution in [2.45, 2.75) is 57.1 Å². The molecule has 3 aromatic rings. The van der Waals surface area contributed by atoms with E-state index in [1.54, 1.807) is 18.2 Å². The molecule has 2 aliphatic rings. The minimum Gasteiger partial charge on any atom is -0.490 e. The van der Waals surface area contributed by atoms with Crippen molar-refractivity contribution in [3.8, 4) is 5.75 Å². The van der Waals surface area contributed by atoms with Crippen molar-refractivity contribution in [2.24, 2.45) is 0 Å². The minimum absolute atomic E-state index is 0.0704. The Kier molecular flexibility index (Phi) is 4.97. The highest BCUT2D eigenvalue weighted by Gasteiger charge is 2.29. The van der Waals surface area contributed by atoms with Gasteiger partial charge in [0.25, 0.3) is 0 Å². The molecule has 3 heterocycles. The first-order chi connectivity index (χ1) is 14.5. The Balaban J connectivity index is 1.21. The van der Waals surface area contributed by atoms with Gasteiger partial charge in [-0.2, -0.15) is 13.2 Å². The molecule has 0 atom stereocenters. The van der Waals surface area contributed by atoms with E-state index in [1.165, 1.54) is 23.6 Å². The molecule has 5 nitrogen and oxygen atoms in total. The van der Waals surface area contributed by atoms with Crippen LogP contribution < -0.4 is 4.74 Å². The Morgan fingerprint density at radius 1 is 1.03 bits per heavy atom. The molecule has 2 fully saturated rings. The third kappa shape index (κ3) is 4.19. The zero-order chi connectivity index (χ0) is 20.7. The van der Waals surface area contributed by atoms with Gasteiger partial charge in [-0.3, -0.25) is 4.90 Å². The van der Waals surface area contributed by atoms with Crippen molar-refractivity contribution >= 4 is 10.9 Å². The van der Waals surface area contributed by atoms with Crippen LogP contribution in [-0.4, -0.2) is 44.4 Å². The Bertz CT molecular complexity index is 1010. The fourth-order valence-corrected chi connectivity index (χ4v) is 4.35. The standard InChI is InChI=1S/C22H25F3N4O/c23-22(24,25)15-28-12-8-18-19(28)2-1-3-20(18)30-17-6-10-27(11-7-17)14-21-26-9-13-29(21)16-4-5-16/h1-3,8-9,12-13,16-17H,4-7,10-11,14-15H2. The summed E-state index contributed by atoms with van der Waals surface area (Å²) in [7, 11) is 0. The maximum atomic E-state index is 12.8. The SMILES string of the molecule is FC(F)(F)Cn1ccc2c(OC3CCN(Cc4nccn4C4CC4)CC3)cccc21. The summed E-state index contributed by atoms with van der Waals surface area (Å²) >= 11 is 0. The van der Waals surface area contributed by atoms with Crippen LogP contribution in [-0.2, 0) is 13.1 Å². The van der Waals surface area contributed by atoms with E-state index in [2.05, 4.69) is 20.6 Å². The van der Waals surface area contributed by atoms with Crippen molar-refractivity contribution in [3.63, 3.8) is 0 Å². The topological polar surface area (TPSA) is 35.2 Å². The molecule has 30 heavy (non-hydrogen) atoms. The normalized spacial score (nSPS) is 18.9. The van der Waals surface area contributed by atoms with Crippen molar-refractivity contribution < 1.29 is 17.9 Å². The second-order valence-electron chi connectivity index (χ2n) is 8.32. The molecule has 0 radical (unpaired) electrons. The number of halogens is 3. The molecule has 160 valence electrons. The van der Waals surface area contributed by atoms with Gasteiger partial charge >= 0.3 is 6.18 Å². The molecule has 1 aliphatic heterocycles. The van der Waals surface area contributed by atoms with Gasteiger partial charge < -0.3 is 13.9 Å². The van der Waals surface area contributed by atoms with E-state index >= 15 is 0 Å². The third-order valence-electron chi connectivity index (χ3n) is 6.01. The zero-order valence-corrected chi connectivity index (χ0v) is 16.7. The Morgan fingerprint density at radius 2 is 1.83 bits per heavy atom. The number of aromatic nitrogens is 3. The summed E-state index contributed by atoms with van der Waals surface area (Å²) < 4.78 is 48.2. The van der Waals surface area contributed by atoms with E-state index in [0.29, 0.717) is 17.3 Å². The summed E-state index contributed by atoms with van der Waals surface area (Å²) in [5.41, 5.74) is 0.550. The largest absolute Gasteiger partial charge is 0.490 e. The number of hydrogen-bond donors (Lipinski definition) is 0. The molecule has 0 amide bonds. The van der Waals surface area contributed by atoms with Crippen LogP contribution in [0.2, 0.25) is 0 Å². The maximum absolute atomic E-state index is 12.8. The molecule has 1 aliphatic carbocycles. The number of imidazole rings is 1. The minimum atomic E-state index is -4.25. The lowest BCUT2D eigenvalue weighted by atomic mass is 10.1. The average molecular weight is 418 g/mol. The van der Waals surface area contributed by atoms with Crippen LogP contribution in [0.15, 0.2) is 42.9 Å². The van der Waals surface area contributed by atoms with Gasteiger partial charge in [-0.1, -0.05) is 6.07 Å². The van der Waals surface area contributed by atoms with Crippen LogP contribution in [0.4, 0.5) is 13.2 Å².